The molecule has 30 heavy (non-hydrogen) atoms. The van der Waals surface area contributed by atoms with Crippen LogP contribution in [0, 0.1) is 12.7 Å². The summed E-state index contributed by atoms with van der Waals surface area (Å²) < 4.78 is 15.0. The van der Waals surface area contributed by atoms with E-state index >= 15 is 0 Å². The second-order valence-corrected chi connectivity index (χ2v) is 8.47. The summed E-state index contributed by atoms with van der Waals surface area (Å²) in [6, 6.07) is 6.03. The molecule has 0 aliphatic rings. The summed E-state index contributed by atoms with van der Waals surface area (Å²) in [5.41, 5.74) is 1.33. The molecule has 3 rings (SSSR count). The van der Waals surface area contributed by atoms with Gasteiger partial charge in [0.25, 0.3) is 5.91 Å². The van der Waals surface area contributed by atoms with Gasteiger partial charge in [0.1, 0.15) is 10.7 Å². The van der Waals surface area contributed by atoms with Crippen molar-refractivity contribution < 1.29 is 14.0 Å². The van der Waals surface area contributed by atoms with Gasteiger partial charge >= 0.3 is 0 Å². The predicted octanol–water partition coefficient (Wildman–Crippen LogP) is 3.30. The number of carbonyl (C=O) groups excluding carboxylic acids is 2. The molecular weight excluding hydrogens is 427 g/mol. The Morgan fingerprint density at radius 1 is 1.23 bits per heavy atom. The summed E-state index contributed by atoms with van der Waals surface area (Å²) in [4.78, 5) is 30.7. The normalized spacial score (nSPS) is 10.8. The van der Waals surface area contributed by atoms with Crippen LogP contribution in [-0.2, 0) is 11.3 Å². The number of benzene rings is 1. The zero-order chi connectivity index (χ0) is 21.8. The maximum atomic E-state index is 13.2. The third kappa shape index (κ3) is 4.85. The second-order valence-electron chi connectivity index (χ2n) is 6.53. The number of hydrogen-bond donors (Lipinski definition) is 1. The first kappa shape index (κ1) is 21.9. The van der Waals surface area contributed by atoms with Crippen molar-refractivity contribution in [3.63, 3.8) is 0 Å². The lowest BCUT2D eigenvalue weighted by Gasteiger charge is -2.08. The smallest absolute Gasteiger partial charge is 0.265 e. The molecule has 0 bridgehead atoms. The summed E-state index contributed by atoms with van der Waals surface area (Å²) in [5, 5.41) is 12.0. The largest absolute Gasteiger partial charge is 0.344 e. The lowest BCUT2D eigenvalue weighted by atomic mass is 10.2. The average Bonchev–Trinajstić information content (AvgIpc) is 3.29. The van der Waals surface area contributed by atoms with Crippen LogP contribution < -0.4 is 5.32 Å². The molecule has 0 atom stereocenters. The van der Waals surface area contributed by atoms with Gasteiger partial charge in [0.05, 0.1) is 11.4 Å². The van der Waals surface area contributed by atoms with Crippen molar-refractivity contribution in [3.05, 3.63) is 40.7 Å². The molecule has 2 amide bonds. The minimum atomic E-state index is -0.319. The fourth-order valence-corrected chi connectivity index (χ4v) is 4.44. The zero-order valence-corrected chi connectivity index (χ0v) is 18.6. The minimum absolute atomic E-state index is 0.108. The molecule has 0 unspecified atom stereocenters. The molecule has 8 nitrogen and oxygen atoms in total. The molecule has 2 heterocycles. The van der Waals surface area contributed by atoms with Crippen LogP contribution in [0.3, 0.4) is 0 Å². The summed E-state index contributed by atoms with van der Waals surface area (Å²) in [7, 11) is 3.33. The quantitative estimate of drug-likeness (QED) is 0.558. The number of aromatic nitrogens is 4. The Kier molecular flexibility index (Phi) is 6.83. The third-order valence-corrected chi connectivity index (χ3v) is 6.14. The molecule has 11 heteroatoms. The van der Waals surface area contributed by atoms with Gasteiger partial charge < -0.3 is 14.8 Å². The van der Waals surface area contributed by atoms with Crippen molar-refractivity contribution in [2.45, 2.75) is 25.5 Å². The molecule has 2 aromatic heterocycles. The highest BCUT2D eigenvalue weighted by Crippen LogP contribution is 2.26. The monoisotopic (exact) mass is 448 g/mol. The highest BCUT2D eigenvalue weighted by Gasteiger charge is 2.19. The topological polar surface area (TPSA) is 93.0 Å². The van der Waals surface area contributed by atoms with E-state index in [1.165, 1.54) is 28.8 Å². The molecule has 0 aliphatic carbocycles. The lowest BCUT2D eigenvalue weighted by Crippen LogP contribution is -2.21. The molecule has 0 fully saturated rings. The predicted molar refractivity (Wildman–Crippen MR) is 115 cm³/mol. The van der Waals surface area contributed by atoms with Crippen LogP contribution in [0.15, 0.2) is 29.4 Å². The van der Waals surface area contributed by atoms with Gasteiger partial charge in [0.2, 0.25) is 5.91 Å². The summed E-state index contributed by atoms with van der Waals surface area (Å²) in [5.74, 6) is -0.00370. The van der Waals surface area contributed by atoms with Crippen LogP contribution in [0.25, 0.3) is 11.4 Å². The molecule has 0 spiro atoms. The molecule has 0 aliphatic heterocycles. The van der Waals surface area contributed by atoms with E-state index in [9.17, 15) is 14.0 Å². The van der Waals surface area contributed by atoms with Crippen LogP contribution in [0.2, 0.25) is 0 Å². The second kappa shape index (κ2) is 9.35. The number of nitrogens with zero attached hydrogens (tertiary/aromatic N) is 5. The van der Waals surface area contributed by atoms with Crippen LogP contribution in [0.5, 0.6) is 0 Å². The first-order valence-corrected chi connectivity index (χ1v) is 10.9. The molecular formula is C19H21FN6O2S2. The van der Waals surface area contributed by atoms with Gasteiger partial charge in [0, 0.05) is 26.2 Å². The Hall–Kier alpha value is -2.79. The molecule has 1 aromatic carbocycles. The van der Waals surface area contributed by atoms with Crippen LogP contribution in [0.4, 0.5) is 9.52 Å². The number of thioether (sulfide) groups is 1. The molecule has 0 radical (unpaired) electrons. The van der Waals surface area contributed by atoms with Gasteiger partial charge in [-0.25, -0.2) is 9.37 Å². The van der Waals surface area contributed by atoms with Gasteiger partial charge in [0.15, 0.2) is 16.1 Å². The number of thiazole rings is 1. The number of nitrogens with one attached hydrogen (secondary N) is 1. The number of carbonyl (C=O) groups is 2. The Balaban J connectivity index is 1.66. The van der Waals surface area contributed by atoms with Crippen LogP contribution in [0.1, 0.15) is 22.3 Å². The maximum Gasteiger partial charge on any atom is 0.265 e. The van der Waals surface area contributed by atoms with E-state index in [1.54, 1.807) is 33.2 Å². The highest BCUT2D eigenvalue weighted by atomic mass is 32.2. The Bertz CT molecular complexity index is 1060. The van der Waals surface area contributed by atoms with Crippen LogP contribution >= 0.6 is 23.1 Å². The van der Waals surface area contributed by atoms with Crippen LogP contribution in [-0.4, -0.2) is 56.3 Å². The van der Waals surface area contributed by atoms with Crippen molar-refractivity contribution in [2.24, 2.45) is 0 Å². The van der Waals surface area contributed by atoms with Gasteiger partial charge in [-0.3, -0.25) is 9.59 Å². The first-order chi connectivity index (χ1) is 14.3. The average molecular weight is 449 g/mol. The molecule has 3 aromatic rings. The van der Waals surface area contributed by atoms with E-state index in [0.29, 0.717) is 33.2 Å². The minimum Gasteiger partial charge on any atom is -0.344 e. The fraction of sp³-hybridized carbons (Fsp3) is 0.316. The molecule has 0 saturated heterocycles. The van der Waals surface area contributed by atoms with Crippen molar-refractivity contribution in [3.8, 4) is 11.4 Å². The number of rotatable bonds is 7. The van der Waals surface area contributed by atoms with Gasteiger partial charge in [-0.05, 0) is 38.1 Å². The van der Waals surface area contributed by atoms with E-state index < -0.39 is 0 Å². The van der Waals surface area contributed by atoms with Gasteiger partial charge in [-0.2, -0.15) is 0 Å². The zero-order valence-electron chi connectivity index (χ0n) is 17.0. The Morgan fingerprint density at radius 2 is 1.93 bits per heavy atom. The van der Waals surface area contributed by atoms with E-state index in [2.05, 4.69) is 20.5 Å². The van der Waals surface area contributed by atoms with E-state index in [1.807, 2.05) is 11.5 Å². The lowest BCUT2D eigenvalue weighted by molar-refractivity contribution is -0.113. The molecule has 1 N–H and O–H groups in total. The number of anilines is 1. The third-order valence-electron chi connectivity index (χ3n) is 4.11. The molecule has 0 saturated carbocycles. The number of hydrogen-bond acceptors (Lipinski definition) is 7. The maximum absolute atomic E-state index is 13.2. The van der Waals surface area contributed by atoms with Crippen molar-refractivity contribution >= 4 is 40.0 Å². The summed E-state index contributed by atoms with van der Waals surface area (Å²) in [6.45, 7) is 4.28. The number of amides is 2. The molecule has 158 valence electrons. The van der Waals surface area contributed by atoms with Crippen molar-refractivity contribution in [1.82, 2.24) is 24.6 Å². The first-order valence-electron chi connectivity index (χ1n) is 9.11. The summed E-state index contributed by atoms with van der Waals surface area (Å²) in [6.07, 6.45) is 0. The number of halogens is 1. The van der Waals surface area contributed by atoms with Gasteiger partial charge in [-0.15, -0.1) is 10.2 Å². The van der Waals surface area contributed by atoms with Gasteiger partial charge in [-0.1, -0.05) is 23.1 Å². The SMILES string of the molecule is CCn1c(SCC(=O)Nc2nc(C)c(C(=O)N(C)C)s2)nnc1-c1ccc(F)cc1. The van der Waals surface area contributed by atoms with E-state index in [0.717, 1.165) is 16.9 Å². The van der Waals surface area contributed by atoms with E-state index in [-0.39, 0.29) is 23.4 Å². The van der Waals surface area contributed by atoms with E-state index in [4.69, 9.17) is 0 Å². The highest BCUT2D eigenvalue weighted by molar-refractivity contribution is 7.99. The Morgan fingerprint density at radius 3 is 2.57 bits per heavy atom. The fourth-order valence-electron chi connectivity index (χ4n) is 2.63. The Labute approximate surface area is 181 Å². The summed E-state index contributed by atoms with van der Waals surface area (Å²) >= 11 is 2.39. The number of aryl methyl sites for hydroxylation is 1. The van der Waals surface area contributed by atoms with Crippen molar-refractivity contribution in [1.29, 1.82) is 0 Å². The van der Waals surface area contributed by atoms with Crippen molar-refractivity contribution in [2.75, 3.05) is 25.2 Å². The standard InChI is InChI=1S/C19H21FN6O2S2/c1-5-26-16(12-6-8-13(20)9-7-12)23-24-19(26)29-10-14(27)22-18-21-11(2)15(30-18)17(28)25(3)4/h6-9H,5,10H2,1-4H3,(H,21,22,27).